The minimum atomic E-state index is 0.0226. The Balaban J connectivity index is 2.07. The van der Waals surface area contributed by atoms with E-state index in [2.05, 4.69) is 35.5 Å². The number of hydrogen-bond donors (Lipinski definition) is 1. The molecule has 2 rings (SSSR count). The third-order valence-corrected chi connectivity index (χ3v) is 4.90. The molecule has 0 unspecified atom stereocenters. The summed E-state index contributed by atoms with van der Waals surface area (Å²) < 4.78 is 1.86. The standard InChI is InChI=1S/C23H36N6O/c1-7-24-23(27(5)16-20-17-28(6)26-22(20)18(3)4)25-14-21(30)29(8-2)15-19-12-10-9-11-13-19/h9-13,17-18H,7-8,14-16H2,1-6H3,(H,24,25). The SMILES string of the molecule is CCNC(=NCC(=O)N(CC)Cc1ccccc1)N(C)Cc1cn(C)nc1C(C)C. The fourth-order valence-electron chi connectivity index (χ4n) is 3.39. The number of aromatic nitrogens is 2. The second-order valence-electron chi connectivity index (χ2n) is 7.79. The van der Waals surface area contributed by atoms with Crippen LogP contribution in [0.5, 0.6) is 0 Å². The molecule has 0 saturated heterocycles. The highest BCUT2D eigenvalue weighted by Crippen LogP contribution is 2.18. The summed E-state index contributed by atoms with van der Waals surface area (Å²) in [5.41, 5.74) is 3.39. The van der Waals surface area contributed by atoms with Crippen molar-refractivity contribution in [2.45, 2.75) is 46.7 Å². The van der Waals surface area contributed by atoms with Crippen LogP contribution in [0, 0.1) is 0 Å². The van der Waals surface area contributed by atoms with Crippen molar-refractivity contribution in [2.75, 3.05) is 26.7 Å². The zero-order valence-corrected chi connectivity index (χ0v) is 19.2. The zero-order chi connectivity index (χ0) is 22.1. The molecule has 1 amide bonds. The first-order valence-electron chi connectivity index (χ1n) is 10.7. The lowest BCUT2D eigenvalue weighted by molar-refractivity contribution is -0.130. The molecule has 1 heterocycles. The number of nitrogens with zero attached hydrogens (tertiary/aromatic N) is 5. The molecule has 7 nitrogen and oxygen atoms in total. The normalized spacial score (nSPS) is 11.6. The number of aryl methyl sites for hydroxylation is 1. The number of benzene rings is 1. The van der Waals surface area contributed by atoms with Crippen molar-refractivity contribution in [1.82, 2.24) is 24.9 Å². The van der Waals surface area contributed by atoms with E-state index in [9.17, 15) is 4.79 Å². The Hall–Kier alpha value is -2.83. The number of hydrogen-bond acceptors (Lipinski definition) is 3. The molecule has 0 radical (unpaired) electrons. The number of carbonyl (C=O) groups excluding carboxylic acids is 1. The molecule has 0 fully saturated rings. The van der Waals surface area contributed by atoms with Crippen molar-refractivity contribution in [3.63, 3.8) is 0 Å². The molecular weight excluding hydrogens is 376 g/mol. The summed E-state index contributed by atoms with van der Waals surface area (Å²) in [4.78, 5) is 21.3. The van der Waals surface area contributed by atoms with Crippen molar-refractivity contribution in [3.8, 4) is 0 Å². The number of likely N-dealkylation sites (N-methyl/N-ethyl adjacent to an activating group) is 1. The predicted molar refractivity (Wildman–Crippen MR) is 122 cm³/mol. The average Bonchev–Trinajstić information content (AvgIpc) is 3.10. The highest BCUT2D eigenvalue weighted by Gasteiger charge is 2.16. The first kappa shape index (κ1) is 23.4. The highest BCUT2D eigenvalue weighted by molar-refractivity contribution is 5.85. The van der Waals surface area contributed by atoms with E-state index in [1.807, 2.05) is 72.8 Å². The van der Waals surface area contributed by atoms with Gasteiger partial charge >= 0.3 is 0 Å². The summed E-state index contributed by atoms with van der Waals surface area (Å²) in [7, 11) is 3.93. The Morgan fingerprint density at radius 3 is 2.50 bits per heavy atom. The molecule has 7 heteroatoms. The second-order valence-corrected chi connectivity index (χ2v) is 7.79. The molecule has 2 aromatic rings. The van der Waals surface area contributed by atoms with Gasteiger partial charge in [0.1, 0.15) is 6.54 Å². The summed E-state index contributed by atoms with van der Waals surface area (Å²) in [6.45, 7) is 11.1. The molecular formula is C23H36N6O. The van der Waals surface area contributed by atoms with Gasteiger partial charge in [0.25, 0.3) is 0 Å². The van der Waals surface area contributed by atoms with Gasteiger partial charge in [0.05, 0.1) is 5.69 Å². The van der Waals surface area contributed by atoms with Gasteiger partial charge in [0.15, 0.2) is 5.96 Å². The van der Waals surface area contributed by atoms with E-state index in [1.165, 1.54) is 5.56 Å². The molecule has 1 aromatic heterocycles. The van der Waals surface area contributed by atoms with Gasteiger partial charge in [0, 0.05) is 52.0 Å². The lowest BCUT2D eigenvalue weighted by Gasteiger charge is -2.24. The molecule has 0 aliphatic carbocycles. The summed E-state index contributed by atoms with van der Waals surface area (Å²) in [5, 5.41) is 7.88. The van der Waals surface area contributed by atoms with Gasteiger partial charge in [-0.3, -0.25) is 9.48 Å². The van der Waals surface area contributed by atoms with Gasteiger partial charge in [-0.2, -0.15) is 5.10 Å². The predicted octanol–water partition coefficient (Wildman–Crippen LogP) is 2.99. The first-order valence-corrected chi connectivity index (χ1v) is 10.7. The molecule has 0 saturated carbocycles. The molecule has 1 aromatic carbocycles. The van der Waals surface area contributed by atoms with Crippen LogP contribution in [0.2, 0.25) is 0 Å². The van der Waals surface area contributed by atoms with Crippen LogP contribution in [0.15, 0.2) is 41.5 Å². The number of rotatable bonds is 9. The first-order chi connectivity index (χ1) is 14.3. The van der Waals surface area contributed by atoms with Crippen LogP contribution in [0.1, 0.15) is 50.4 Å². The molecule has 30 heavy (non-hydrogen) atoms. The quantitative estimate of drug-likeness (QED) is 0.508. The van der Waals surface area contributed by atoms with Crippen LogP contribution in [0.4, 0.5) is 0 Å². The van der Waals surface area contributed by atoms with E-state index in [-0.39, 0.29) is 12.5 Å². The van der Waals surface area contributed by atoms with Crippen molar-refractivity contribution in [3.05, 3.63) is 53.3 Å². The Labute approximate surface area is 180 Å². The third kappa shape index (κ3) is 6.61. The van der Waals surface area contributed by atoms with Crippen LogP contribution in [0.25, 0.3) is 0 Å². The Bertz CT molecular complexity index is 827. The van der Waals surface area contributed by atoms with Gasteiger partial charge in [-0.05, 0) is 25.3 Å². The molecule has 1 N–H and O–H groups in total. The smallest absolute Gasteiger partial charge is 0.244 e. The minimum Gasteiger partial charge on any atom is -0.357 e. The Morgan fingerprint density at radius 2 is 1.90 bits per heavy atom. The molecule has 164 valence electrons. The Morgan fingerprint density at radius 1 is 1.20 bits per heavy atom. The maximum absolute atomic E-state index is 12.8. The Kier molecular flexibility index (Phi) is 8.89. The van der Waals surface area contributed by atoms with E-state index in [4.69, 9.17) is 0 Å². The van der Waals surface area contributed by atoms with Gasteiger partial charge in [-0.25, -0.2) is 4.99 Å². The summed E-state index contributed by atoms with van der Waals surface area (Å²) >= 11 is 0. The van der Waals surface area contributed by atoms with Crippen LogP contribution >= 0.6 is 0 Å². The molecule has 0 aliphatic heterocycles. The average molecular weight is 413 g/mol. The molecule has 0 aliphatic rings. The van der Waals surface area contributed by atoms with E-state index >= 15 is 0 Å². The number of amides is 1. The largest absolute Gasteiger partial charge is 0.357 e. The van der Waals surface area contributed by atoms with Gasteiger partial charge in [0.2, 0.25) is 5.91 Å². The fraction of sp³-hybridized carbons (Fsp3) is 0.522. The summed E-state index contributed by atoms with van der Waals surface area (Å²) in [6.07, 6.45) is 2.05. The monoisotopic (exact) mass is 412 g/mol. The summed E-state index contributed by atoms with van der Waals surface area (Å²) in [6, 6.07) is 10.0. The maximum Gasteiger partial charge on any atom is 0.244 e. The van der Waals surface area contributed by atoms with Gasteiger partial charge in [-0.1, -0.05) is 44.2 Å². The zero-order valence-electron chi connectivity index (χ0n) is 19.2. The van der Waals surface area contributed by atoms with Crippen molar-refractivity contribution >= 4 is 11.9 Å². The maximum atomic E-state index is 12.8. The third-order valence-electron chi connectivity index (χ3n) is 4.90. The van der Waals surface area contributed by atoms with Crippen LogP contribution in [0.3, 0.4) is 0 Å². The molecule has 0 atom stereocenters. The van der Waals surface area contributed by atoms with Gasteiger partial charge < -0.3 is 15.1 Å². The number of guanidine groups is 1. The molecule has 0 bridgehead atoms. The van der Waals surface area contributed by atoms with Crippen molar-refractivity contribution in [2.24, 2.45) is 12.0 Å². The minimum absolute atomic E-state index is 0.0226. The van der Waals surface area contributed by atoms with Crippen molar-refractivity contribution in [1.29, 1.82) is 0 Å². The van der Waals surface area contributed by atoms with Crippen LogP contribution in [-0.2, 0) is 24.9 Å². The van der Waals surface area contributed by atoms with Crippen LogP contribution in [-0.4, -0.2) is 58.1 Å². The van der Waals surface area contributed by atoms with Gasteiger partial charge in [-0.15, -0.1) is 0 Å². The second kappa shape index (κ2) is 11.4. The van der Waals surface area contributed by atoms with Crippen molar-refractivity contribution < 1.29 is 4.79 Å². The lowest BCUT2D eigenvalue weighted by atomic mass is 10.1. The van der Waals surface area contributed by atoms with E-state index in [0.717, 1.165) is 23.8 Å². The highest BCUT2D eigenvalue weighted by atomic mass is 16.2. The fourth-order valence-corrected chi connectivity index (χ4v) is 3.39. The van der Waals surface area contributed by atoms with Crippen LogP contribution < -0.4 is 5.32 Å². The van der Waals surface area contributed by atoms with E-state index < -0.39 is 0 Å². The lowest BCUT2D eigenvalue weighted by Crippen LogP contribution is -2.40. The number of carbonyl (C=O) groups is 1. The number of nitrogens with one attached hydrogen (secondary N) is 1. The molecule has 0 spiro atoms. The topological polar surface area (TPSA) is 65.8 Å². The summed E-state index contributed by atoms with van der Waals surface area (Å²) in [5.74, 6) is 1.10. The van der Waals surface area contributed by atoms with E-state index in [0.29, 0.717) is 25.6 Å². The number of aliphatic imine (C=N–C) groups is 1. The van der Waals surface area contributed by atoms with E-state index in [1.54, 1.807) is 0 Å².